The number of anilines is 1. The number of hydrogen-bond donors (Lipinski definition) is 1. The third-order valence-electron chi connectivity index (χ3n) is 3.70. The van der Waals surface area contributed by atoms with Crippen molar-refractivity contribution in [1.29, 1.82) is 0 Å². The largest absolute Gasteiger partial charge is 0.384 e. The Morgan fingerprint density at radius 3 is 2.68 bits per heavy atom. The first-order chi connectivity index (χ1) is 8.95. The molecule has 1 aromatic rings. The molecular weight excluding hydrogens is 238 g/mol. The Bertz CT molecular complexity index is 425. The highest BCUT2D eigenvalue weighted by atomic mass is 16.5. The quantitative estimate of drug-likeness (QED) is 0.913. The molecular formula is C15H27N3O. The van der Waals surface area contributed by atoms with Crippen LogP contribution >= 0.6 is 0 Å². The molecule has 2 N–H and O–H groups in total. The number of imidazole rings is 1. The highest BCUT2D eigenvalue weighted by molar-refractivity contribution is 5.42. The Morgan fingerprint density at radius 1 is 1.42 bits per heavy atom. The Morgan fingerprint density at radius 2 is 2.16 bits per heavy atom. The van der Waals surface area contributed by atoms with Gasteiger partial charge in [0.25, 0.3) is 0 Å². The van der Waals surface area contributed by atoms with Crippen LogP contribution in [0.25, 0.3) is 0 Å². The summed E-state index contributed by atoms with van der Waals surface area (Å²) in [5, 5.41) is 0. The lowest BCUT2D eigenvalue weighted by Gasteiger charge is -2.26. The monoisotopic (exact) mass is 265 g/mol. The fourth-order valence-corrected chi connectivity index (χ4v) is 2.90. The van der Waals surface area contributed by atoms with E-state index < -0.39 is 0 Å². The first kappa shape index (κ1) is 14.4. The molecule has 0 spiro atoms. The third-order valence-corrected chi connectivity index (χ3v) is 3.70. The van der Waals surface area contributed by atoms with E-state index in [-0.39, 0.29) is 5.54 Å². The molecule has 1 unspecified atom stereocenters. The van der Waals surface area contributed by atoms with E-state index in [2.05, 4.69) is 32.3 Å². The molecule has 0 bridgehead atoms. The second-order valence-electron chi connectivity index (χ2n) is 6.47. The van der Waals surface area contributed by atoms with Crippen LogP contribution in [-0.4, -0.2) is 22.8 Å². The van der Waals surface area contributed by atoms with E-state index in [4.69, 9.17) is 15.5 Å². The van der Waals surface area contributed by atoms with Gasteiger partial charge in [-0.3, -0.25) is 0 Å². The highest BCUT2D eigenvalue weighted by Gasteiger charge is 2.28. The molecule has 0 radical (unpaired) electrons. The molecule has 0 aromatic carbocycles. The van der Waals surface area contributed by atoms with Crippen LogP contribution in [0.1, 0.15) is 64.4 Å². The molecule has 1 aliphatic heterocycles. The first-order valence-electron chi connectivity index (χ1n) is 7.40. The van der Waals surface area contributed by atoms with Crippen LogP contribution in [0.5, 0.6) is 0 Å². The third kappa shape index (κ3) is 2.94. The van der Waals surface area contributed by atoms with Crippen LogP contribution in [-0.2, 0) is 16.7 Å². The molecule has 0 amide bonds. The number of aromatic nitrogens is 2. The van der Waals surface area contributed by atoms with Crippen LogP contribution in [0.3, 0.4) is 0 Å². The minimum atomic E-state index is -0.0185. The average Bonchev–Trinajstić information content (AvgIpc) is 2.67. The van der Waals surface area contributed by atoms with Crippen molar-refractivity contribution in [3.8, 4) is 0 Å². The minimum absolute atomic E-state index is 0.0185. The summed E-state index contributed by atoms with van der Waals surface area (Å²) in [5.74, 6) is 2.33. The van der Waals surface area contributed by atoms with Gasteiger partial charge in [0, 0.05) is 24.5 Å². The van der Waals surface area contributed by atoms with Crippen molar-refractivity contribution in [2.24, 2.45) is 0 Å². The second-order valence-corrected chi connectivity index (χ2v) is 6.47. The number of aryl methyl sites for hydroxylation is 1. The molecule has 4 nitrogen and oxygen atoms in total. The number of nitrogen functional groups attached to an aromatic ring is 1. The summed E-state index contributed by atoms with van der Waals surface area (Å²) in [6.45, 7) is 10.4. The van der Waals surface area contributed by atoms with Gasteiger partial charge in [-0.2, -0.15) is 0 Å². The molecule has 1 atom stereocenters. The molecule has 1 aliphatic rings. The summed E-state index contributed by atoms with van der Waals surface area (Å²) < 4.78 is 7.79. The van der Waals surface area contributed by atoms with Crippen LogP contribution in [0.4, 0.5) is 5.82 Å². The lowest BCUT2D eigenvalue weighted by molar-refractivity contribution is 0.0795. The lowest BCUT2D eigenvalue weighted by atomic mass is 9.98. The van der Waals surface area contributed by atoms with E-state index in [0.29, 0.717) is 5.92 Å². The van der Waals surface area contributed by atoms with Crippen molar-refractivity contribution in [2.75, 3.05) is 18.9 Å². The van der Waals surface area contributed by atoms with Crippen molar-refractivity contribution in [3.05, 3.63) is 11.5 Å². The van der Waals surface area contributed by atoms with Gasteiger partial charge in [-0.25, -0.2) is 4.98 Å². The molecule has 1 fully saturated rings. The zero-order valence-electron chi connectivity index (χ0n) is 12.7. The van der Waals surface area contributed by atoms with E-state index >= 15 is 0 Å². The number of nitrogens with two attached hydrogens (primary N) is 1. The van der Waals surface area contributed by atoms with Crippen molar-refractivity contribution < 1.29 is 4.74 Å². The van der Waals surface area contributed by atoms with E-state index in [0.717, 1.165) is 56.2 Å². The van der Waals surface area contributed by atoms with E-state index in [1.807, 2.05) is 0 Å². The Balaban J connectivity index is 2.39. The van der Waals surface area contributed by atoms with Gasteiger partial charge in [0.1, 0.15) is 11.6 Å². The van der Waals surface area contributed by atoms with Crippen molar-refractivity contribution >= 4 is 5.82 Å². The summed E-state index contributed by atoms with van der Waals surface area (Å²) >= 11 is 0. The molecule has 0 aliphatic carbocycles. The SMILES string of the molecule is CCCc1nc(C2CCCOC2)c(N)n1C(C)(C)C. The lowest BCUT2D eigenvalue weighted by Crippen LogP contribution is -2.26. The van der Waals surface area contributed by atoms with Crippen LogP contribution in [0.2, 0.25) is 0 Å². The van der Waals surface area contributed by atoms with E-state index in [9.17, 15) is 0 Å². The summed E-state index contributed by atoms with van der Waals surface area (Å²) in [4.78, 5) is 4.85. The number of hydrogen-bond acceptors (Lipinski definition) is 3. The topological polar surface area (TPSA) is 53.1 Å². The van der Waals surface area contributed by atoms with Gasteiger partial charge in [-0.1, -0.05) is 6.92 Å². The smallest absolute Gasteiger partial charge is 0.127 e. The normalized spacial score (nSPS) is 20.7. The van der Waals surface area contributed by atoms with Crippen molar-refractivity contribution in [1.82, 2.24) is 9.55 Å². The predicted octanol–water partition coefficient (Wildman–Crippen LogP) is 3.07. The van der Waals surface area contributed by atoms with Crippen LogP contribution < -0.4 is 5.73 Å². The summed E-state index contributed by atoms with van der Waals surface area (Å²) in [7, 11) is 0. The van der Waals surface area contributed by atoms with Crippen molar-refractivity contribution in [2.45, 2.75) is 64.8 Å². The molecule has 1 aromatic heterocycles. The average molecular weight is 265 g/mol. The Hall–Kier alpha value is -1.03. The van der Waals surface area contributed by atoms with Gasteiger partial charge in [0.15, 0.2) is 0 Å². The number of ether oxygens (including phenoxy) is 1. The minimum Gasteiger partial charge on any atom is -0.384 e. The van der Waals surface area contributed by atoms with E-state index in [1.165, 1.54) is 0 Å². The maximum atomic E-state index is 6.40. The molecule has 1 saturated heterocycles. The fraction of sp³-hybridized carbons (Fsp3) is 0.800. The molecule has 2 rings (SSSR count). The van der Waals surface area contributed by atoms with Crippen molar-refractivity contribution in [3.63, 3.8) is 0 Å². The van der Waals surface area contributed by atoms with Gasteiger partial charge < -0.3 is 15.0 Å². The molecule has 2 heterocycles. The Labute approximate surface area is 116 Å². The first-order valence-corrected chi connectivity index (χ1v) is 7.40. The Kier molecular flexibility index (Phi) is 4.19. The maximum absolute atomic E-state index is 6.40. The summed E-state index contributed by atoms with van der Waals surface area (Å²) in [6.07, 6.45) is 4.31. The molecule has 0 saturated carbocycles. The maximum Gasteiger partial charge on any atom is 0.127 e. The molecule has 108 valence electrons. The standard InChI is InChI=1S/C15H27N3O/c1-5-7-12-17-13(11-8-6-9-19-10-11)14(16)18(12)15(2,3)4/h11H,5-10,16H2,1-4H3. The predicted molar refractivity (Wildman–Crippen MR) is 78.4 cm³/mol. The van der Waals surface area contributed by atoms with Crippen LogP contribution in [0, 0.1) is 0 Å². The van der Waals surface area contributed by atoms with Crippen LogP contribution in [0.15, 0.2) is 0 Å². The van der Waals surface area contributed by atoms with E-state index in [1.54, 1.807) is 0 Å². The van der Waals surface area contributed by atoms with Gasteiger partial charge in [-0.15, -0.1) is 0 Å². The van der Waals surface area contributed by atoms with Gasteiger partial charge >= 0.3 is 0 Å². The number of nitrogens with zero attached hydrogens (tertiary/aromatic N) is 2. The van der Waals surface area contributed by atoms with Gasteiger partial charge in [0.2, 0.25) is 0 Å². The zero-order valence-corrected chi connectivity index (χ0v) is 12.7. The molecule has 4 heteroatoms. The summed E-state index contributed by atoms with van der Waals surface area (Å²) in [6, 6.07) is 0. The highest BCUT2D eigenvalue weighted by Crippen LogP contribution is 2.33. The van der Waals surface area contributed by atoms with Gasteiger partial charge in [0.05, 0.1) is 12.3 Å². The zero-order chi connectivity index (χ0) is 14.0. The summed E-state index contributed by atoms with van der Waals surface area (Å²) in [5.41, 5.74) is 7.43. The van der Waals surface area contributed by atoms with Gasteiger partial charge in [-0.05, 0) is 40.0 Å². The number of rotatable bonds is 3. The molecule has 19 heavy (non-hydrogen) atoms. The fourth-order valence-electron chi connectivity index (χ4n) is 2.90. The second kappa shape index (κ2) is 5.53.